The van der Waals surface area contributed by atoms with E-state index in [4.69, 9.17) is 23.7 Å². The van der Waals surface area contributed by atoms with Crippen LogP contribution in [0, 0.1) is 0 Å². The topological polar surface area (TPSA) is 175 Å². The minimum atomic E-state index is -1.92. The van der Waals surface area contributed by atoms with Crippen molar-refractivity contribution >= 4 is 23.9 Å². The van der Waals surface area contributed by atoms with Gasteiger partial charge in [0.2, 0.25) is 0 Å². The highest BCUT2D eigenvalue weighted by Crippen LogP contribution is 2.26. The highest BCUT2D eigenvalue weighted by Gasteiger charge is 2.50. The van der Waals surface area contributed by atoms with Gasteiger partial charge in [0.25, 0.3) is 0 Å². The van der Waals surface area contributed by atoms with Crippen molar-refractivity contribution in [3.8, 4) is 0 Å². The molecule has 0 bridgehead atoms. The number of esters is 3. The first kappa shape index (κ1) is 72.4. The first-order valence-electron chi connectivity index (χ1n) is 30.9. The molecule has 1 fully saturated rings. The van der Waals surface area contributed by atoms with E-state index in [1.165, 1.54) is 6.42 Å². The first-order valence-corrected chi connectivity index (χ1v) is 30.9. The van der Waals surface area contributed by atoms with Gasteiger partial charge in [0.05, 0.1) is 6.61 Å². The van der Waals surface area contributed by atoms with Crippen molar-refractivity contribution in [3.63, 3.8) is 0 Å². The van der Waals surface area contributed by atoms with Crippen LogP contribution in [0.2, 0.25) is 0 Å². The van der Waals surface area contributed by atoms with E-state index in [9.17, 15) is 34.5 Å². The van der Waals surface area contributed by atoms with Crippen LogP contribution < -0.4 is 0 Å². The van der Waals surface area contributed by atoms with Gasteiger partial charge in [-0.2, -0.15) is 0 Å². The number of unbranched alkanes of at least 4 members (excludes halogenated alkanes) is 19. The smallest absolute Gasteiger partial charge is 0.335 e. The summed E-state index contributed by atoms with van der Waals surface area (Å²) in [7, 11) is 0. The highest BCUT2D eigenvalue weighted by molar-refractivity contribution is 5.74. The summed E-state index contributed by atoms with van der Waals surface area (Å²) in [6.45, 7) is 5.64. The second-order valence-electron chi connectivity index (χ2n) is 20.5. The Kier molecular flexibility index (Phi) is 49.5. The van der Waals surface area contributed by atoms with Gasteiger partial charge in [0.1, 0.15) is 18.8 Å². The van der Waals surface area contributed by atoms with Crippen molar-refractivity contribution < 1.29 is 58.2 Å². The lowest BCUT2D eigenvalue weighted by Gasteiger charge is -2.40. The molecule has 1 aliphatic heterocycles. The maximum atomic E-state index is 13.2. The lowest BCUT2D eigenvalue weighted by molar-refractivity contribution is -0.301. The van der Waals surface area contributed by atoms with Gasteiger partial charge in [-0.25, -0.2) is 4.79 Å². The third-order valence-corrected chi connectivity index (χ3v) is 13.3. The van der Waals surface area contributed by atoms with Gasteiger partial charge in [-0.05, 0) is 116 Å². The van der Waals surface area contributed by atoms with Crippen molar-refractivity contribution in [2.45, 2.75) is 276 Å². The molecule has 448 valence electrons. The number of aliphatic hydroxyl groups is 2. The van der Waals surface area contributed by atoms with Gasteiger partial charge in [-0.15, -0.1) is 0 Å². The molecule has 0 radical (unpaired) electrons. The second kappa shape index (κ2) is 54.0. The molecule has 6 unspecified atom stereocenters. The molecule has 12 nitrogen and oxygen atoms in total. The average molecular weight is 1110 g/mol. The zero-order valence-corrected chi connectivity index (χ0v) is 49.3. The Labute approximate surface area is 478 Å². The predicted octanol–water partition coefficient (Wildman–Crippen LogP) is 16.2. The summed E-state index contributed by atoms with van der Waals surface area (Å²) in [4.78, 5) is 51.3. The van der Waals surface area contributed by atoms with Gasteiger partial charge in [-0.3, -0.25) is 14.4 Å². The predicted molar refractivity (Wildman–Crippen MR) is 321 cm³/mol. The highest BCUT2D eigenvalue weighted by atomic mass is 16.7. The van der Waals surface area contributed by atoms with Crippen LogP contribution in [0.3, 0.4) is 0 Å². The number of carboxylic acid groups (broad SMARTS) is 1. The second-order valence-corrected chi connectivity index (χ2v) is 20.5. The molecule has 0 aromatic carbocycles. The molecule has 0 aromatic rings. The number of ether oxygens (including phenoxy) is 5. The van der Waals surface area contributed by atoms with Crippen LogP contribution in [-0.4, -0.2) is 89.2 Å². The van der Waals surface area contributed by atoms with E-state index in [-0.39, 0.29) is 25.9 Å². The summed E-state index contributed by atoms with van der Waals surface area (Å²) in [5, 5.41) is 31.5. The Hall–Kier alpha value is -4.62. The Balaban J connectivity index is 2.70. The van der Waals surface area contributed by atoms with Crippen LogP contribution >= 0.6 is 0 Å². The summed E-state index contributed by atoms with van der Waals surface area (Å²) in [6.07, 6.45) is 60.4. The van der Waals surface area contributed by atoms with E-state index in [1.54, 1.807) is 0 Å². The fraction of sp³-hybridized carbons (Fsp3) is 0.672. The summed E-state index contributed by atoms with van der Waals surface area (Å²) in [5.74, 6) is -3.17. The Morgan fingerprint density at radius 3 is 1.15 bits per heavy atom. The third-order valence-electron chi connectivity index (χ3n) is 13.3. The van der Waals surface area contributed by atoms with E-state index in [1.807, 2.05) is 0 Å². The molecule has 0 aliphatic carbocycles. The zero-order chi connectivity index (χ0) is 57.5. The fourth-order valence-corrected chi connectivity index (χ4v) is 8.70. The number of aliphatic carboxylic acids is 1. The van der Waals surface area contributed by atoms with E-state index in [0.29, 0.717) is 19.3 Å². The van der Waals surface area contributed by atoms with Crippen molar-refractivity contribution in [1.82, 2.24) is 0 Å². The van der Waals surface area contributed by atoms with Gasteiger partial charge in [-0.1, -0.05) is 214 Å². The number of carbonyl (C=O) groups excluding carboxylic acids is 3. The number of allylic oxidation sites excluding steroid dienone is 18. The molecule has 3 N–H and O–H groups in total. The van der Waals surface area contributed by atoms with Gasteiger partial charge in [0.15, 0.2) is 24.6 Å². The first-order chi connectivity index (χ1) is 38.6. The van der Waals surface area contributed by atoms with Crippen LogP contribution in [0.1, 0.15) is 239 Å². The van der Waals surface area contributed by atoms with E-state index >= 15 is 0 Å². The summed E-state index contributed by atoms with van der Waals surface area (Å²) in [6, 6.07) is 0. The molecule has 6 atom stereocenters. The number of carbonyl (C=O) groups is 4. The quantitative estimate of drug-likeness (QED) is 0.0228. The van der Waals surface area contributed by atoms with E-state index < -0.39 is 67.3 Å². The number of hydrogen-bond acceptors (Lipinski definition) is 11. The van der Waals surface area contributed by atoms with Crippen molar-refractivity contribution in [3.05, 3.63) is 109 Å². The van der Waals surface area contributed by atoms with E-state index in [2.05, 4.69) is 130 Å². The SMILES string of the molecule is CC/C=C\C/C=C\C/C=C\CCCCCCCCCC(=O)OCC(COC1OC(C(=O)O)C(O)C(O)C1OC(=O)CCCCCCCCC/C=C\C/C=C\C/C=C\CC)OC(=O)CCCCCCC/C=C\C/C=C\C/C=C\CC. The number of rotatable bonds is 51. The van der Waals surface area contributed by atoms with Gasteiger partial charge >= 0.3 is 23.9 Å². The number of carboxylic acids is 1. The van der Waals surface area contributed by atoms with E-state index in [0.717, 1.165) is 173 Å². The van der Waals surface area contributed by atoms with Crippen LogP contribution in [-0.2, 0) is 42.9 Å². The minimum Gasteiger partial charge on any atom is -0.479 e. The van der Waals surface area contributed by atoms with Crippen molar-refractivity contribution in [2.24, 2.45) is 0 Å². The van der Waals surface area contributed by atoms with Crippen molar-refractivity contribution in [2.75, 3.05) is 13.2 Å². The van der Waals surface area contributed by atoms with Crippen LogP contribution in [0.15, 0.2) is 109 Å². The molecule has 1 aliphatic rings. The monoisotopic (exact) mass is 1100 g/mol. The normalized spacial score (nSPS) is 18.6. The lowest BCUT2D eigenvalue weighted by Crippen LogP contribution is -2.61. The molecule has 0 amide bonds. The Morgan fingerprint density at radius 2 is 0.759 bits per heavy atom. The molecular formula is C67H108O12. The van der Waals surface area contributed by atoms with Crippen molar-refractivity contribution in [1.29, 1.82) is 0 Å². The minimum absolute atomic E-state index is 0.0411. The van der Waals surface area contributed by atoms with Gasteiger partial charge in [0, 0.05) is 19.3 Å². The summed E-state index contributed by atoms with van der Waals surface area (Å²) >= 11 is 0. The third kappa shape index (κ3) is 43.8. The lowest BCUT2D eigenvalue weighted by atomic mass is 9.98. The molecular weight excluding hydrogens is 997 g/mol. The molecule has 1 saturated heterocycles. The van der Waals surface area contributed by atoms with Gasteiger partial charge < -0.3 is 39.0 Å². The summed E-state index contributed by atoms with van der Waals surface area (Å²) in [5.41, 5.74) is 0. The number of aliphatic hydroxyl groups excluding tert-OH is 2. The molecule has 1 heterocycles. The molecule has 0 aromatic heterocycles. The molecule has 0 spiro atoms. The number of hydrogen-bond donors (Lipinski definition) is 3. The van der Waals surface area contributed by atoms with Crippen LogP contribution in [0.5, 0.6) is 0 Å². The molecule has 79 heavy (non-hydrogen) atoms. The molecule has 1 rings (SSSR count). The maximum absolute atomic E-state index is 13.2. The van der Waals surface area contributed by atoms with Crippen LogP contribution in [0.25, 0.3) is 0 Å². The zero-order valence-electron chi connectivity index (χ0n) is 49.3. The largest absolute Gasteiger partial charge is 0.479 e. The summed E-state index contributed by atoms with van der Waals surface area (Å²) < 4.78 is 28.5. The fourth-order valence-electron chi connectivity index (χ4n) is 8.70. The molecule has 0 saturated carbocycles. The average Bonchev–Trinajstić information content (AvgIpc) is 3.47. The Morgan fingerprint density at radius 1 is 0.418 bits per heavy atom. The standard InChI is InChI=1S/C67H108O12/c1-4-7-10-13-16-19-22-25-28-30-33-35-38-41-44-47-50-53-59(68)75-56-58(77-60(69)54-51-48-45-42-39-36-32-27-24-21-18-15-12-9-6-3)57-76-67-65(63(72)62(71)64(79-67)66(73)74)78-61(70)55-52-49-46-43-40-37-34-31-29-26-23-20-17-14-11-8-5-2/h7-12,16-21,25-29,32,58,62-65,67,71-72H,4-6,13-15,22-24,30-31,33-57H2,1-3H3,(H,73,74)/b10-7-,11-8-,12-9-,19-16-,20-17-,21-18-,28-25-,29-26-,32-27-. The van der Waals surface area contributed by atoms with Crippen LogP contribution in [0.4, 0.5) is 0 Å². The Bertz CT molecular complexity index is 1790. The molecule has 12 heteroatoms. The maximum Gasteiger partial charge on any atom is 0.335 e.